The molecule has 0 bridgehead atoms. The van der Waals surface area contributed by atoms with E-state index in [0.717, 1.165) is 29.3 Å². The van der Waals surface area contributed by atoms with E-state index in [0.29, 0.717) is 0 Å². The van der Waals surface area contributed by atoms with E-state index in [2.05, 4.69) is 53.7 Å². The lowest BCUT2D eigenvalue weighted by atomic mass is 10.00. The monoisotopic (exact) mass is 297 g/mol. The molecule has 108 valence electrons. The zero-order chi connectivity index (χ0) is 14.7. The fraction of sp³-hybridized carbons (Fsp3) is 0.235. The smallest absolute Gasteiger partial charge is 0.0750 e. The third kappa shape index (κ3) is 2.97. The average molecular weight is 297 g/mol. The van der Waals surface area contributed by atoms with E-state index in [1.807, 2.05) is 23.6 Å². The minimum Gasteiger partial charge on any atom is -0.271 e. The van der Waals surface area contributed by atoms with E-state index >= 15 is 0 Å². The molecular weight excluding hydrogens is 278 g/mol. The molecule has 2 heterocycles. The lowest BCUT2D eigenvalue weighted by Crippen LogP contribution is -2.29. The van der Waals surface area contributed by atoms with Crippen molar-refractivity contribution in [2.24, 2.45) is 5.84 Å². The van der Waals surface area contributed by atoms with Gasteiger partial charge >= 0.3 is 0 Å². The highest BCUT2D eigenvalue weighted by atomic mass is 32.1. The van der Waals surface area contributed by atoms with E-state index < -0.39 is 0 Å². The zero-order valence-electron chi connectivity index (χ0n) is 12.0. The van der Waals surface area contributed by atoms with Gasteiger partial charge in [0, 0.05) is 27.8 Å². The van der Waals surface area contributed by atoms with Crippen LogP contribution in [0, 0.1) is 0 Å². The predicted molar refractivity (Wildman–Crippen MR) is 89.2 cm³/mol. The van der Waals surface area contributed by atoms with Crippen LogP contribution in [0.4, 0.5) is 0 Å². The molecule has 0 fully saturated rings. The summed E-state index contributed by atoms with van der Waals surface area (Å²) in [6, 6.07) is 14.8. The normalized spacial score (nSPS) is 12.7. The minimum atomic E-state index is 0.0759. The summed E-state index contributed by atoms with van der Waals surface area (Å²) >= 11 is 1.86. The summed E-state index contributed by atoms with van der Waals surface area (Å²) in [6.07, 6.45) is 3.80. The summed E-state index contributed by atoms with van der Waals surface area (Å²) < 4.78 is 0. The highest BCUT2D eigenvalue weighted by Crippen LogP contribution is 2.27. The first-order valence-electron chi connectivity index (χ1n) is 7.19. The molecule has 21 heavy (non-hydrogen) atoms. The first-order valence-corrected chi connectivity index (χ1v) is 8.01. The summed E-state index contributed by atoms with van der Waals surface area (Å²) in [6.45, 7) is 2.18. The quantitative estimate of drug-likeness (QED) is 0.559. The number of nitrogens with zero attached hydrogens (tertiary/aromatic N) is 1. The van der Waals surface area contributed by atoms with Crippen molar-refractivity contribution in [3.8, 4) is 0 Å². The maximum absolute atomic E-state index is 5.81. The molecule has 0 aliphatic heterocycles. The number of hydrazine groups is 1. The Bertz CT molecular complexity index is 730. The number of hydrogen-bond acceptors (Lipinski definition) is 4. The van der Waals surface area contributed by atoms with Crippen molar-refractivity contribution in [1.29, 1.82) is 0 Å². The van der Waals surface area contributed by atoms with Crippen LogP contribution < -0.4 is 11.3 Å². The lowest BCUT2D eigenvalue weighted by Gasteiger charge is -2.17. The molecule has 3 rings (SSSR count). The summed E-state index contributed by atoms with van der Waals surface area (Å²) in [4.78, 5) is 7.28. The van der Waals surface area contributed by atoms with Crippen molar-refractivity contribution in [2.75, 3.05) is 0 Å². The van der Waals surface area contributed by atoms with Gasteiger partial charge in [-0.25, -0.2) is 0 Å². The third-order valence-electron chi connectivity index (χ3n) is 3.71. The predicted octanol–water partition coefficient (Wildman–Crippen LogP) is 3.61. The van der Waals surface area contributed by atoms with Crippen LogP contribution in [0.25, 0.3) is 10.9 Å². The molecule has 0 aliphatic rings. The first-order chi connectivity index (χ1) is 10.3. The van der Waals surface area contributed by atoms with Crippen molar-refractivity contribution in [3.63, 3.8) is 0 Å². The van der Waals surface area contributed by atoms with Gasteiger partial charge in [-0.05, 0) is 30.2 Å². The number of nitrogens with one attached hydrogen (secondary N) is 1. The molecular formula is C17H19N3S. The molecule has 1 atom stereocenters. The van der Waals surface area contributed by atoms with Crippen LogP contribution in [0.2, 0.25) is 0 Å². The van der Waals surface area contributed by atoms with E-state index in [4.69, 9.17) is 5.84 Å². The number of benzene rings is 1. The first kappa shape index (κ1) is 14.2. The Balaban J connectivity index is 1.94. The number of hydrogen-bond donors (Lipinski definition) is 2. The second kappa shape index (κ2) is 6.35. The van der Waals surface area contributed by atoms with Crippen LogP contribution in [-0.2, 0) is 12.8 Å². The van der Waals surface area contributed by atoms with Gasteiger partial charge in [-0.2, -0.15) is 0 Å². The van der Waals surface area contributed by atoms with Crippen molar-refractivity contribution in [2.45, 2.75) is 25.8 Å². The molecule has 4 heteroatoms. The van der Waals surface area contributed by atoms with Gasteiger partial charge in [0.2, 0.25) is 0 Å². The molecule has 3 nitrogen and oxygen atoms in total. The minimum absolute atomic E-state index is 0.0759. The molecule has 0 radical (unpaired) electrons. The molecule has 3 N–H and O–H groups in total. The number of rotatable bonds is 5. The molecule has 2 aromatic heterocycles. The Morgan fingerprint density at radius 1 is 1.14 bits per heavy atom. The lowest BCUT2D eigenvalue weighted by molar-refractivity contribution is 0.558. The van der Waals surface area contributed by atoms with Crippen LogP contribution in [0.1, 0.15) is 28.3 Å². The number of nitrogens with two attached hydrogens (primary N) is 1. The van der Waals surface area contributed by atoms with Gasteiger partial charge in [0.15, 0.2) is 0 Å². The van der Waals surface area contributed by atoms with E-state index in [1.165, 1.54) is 9.75 Å². The van der Waals surface area contributed by atoms with Crippen LogP contribution in [0.3, 0.4) is 0 Å². The summed E-state index contributed by atoms with van der Waals surface area (Å²) in [5, 5.41) is 1.15. The van der Waals surface area contributed by atoms with Crippen molar-refractivity contribution >= 4 is 22.2 Å². The Morgan fingerprint density at radius 3 is 2.71 bits per heavy atom. The highest BCUT2D eigenvalue weighted by molar-refractivity contribution is 7.11. The van der Waals surface area contributed by atoms with Crippen LogP contribution >= 0.6 is 11.3 Å². The van der Waals surface area contributed by atoms with E-state index in [-0.39, 0.29) is 6.04 Å². The number of fused-ring (bicyclic) bond motifs is 1. The molecule has 3 aromatic rings. The molecule has 1 unspecified atom stereocenters. The van der Waals surface area contributed by atoms with E-state index in [9.17, 15) is 0 Å². The van der Waals surface area contributed by atoms with Gasteiger partial charge in [0.25, 0.3) is 0 Å². The Morgan fingerprint density at radius 2 is 1.95 bits per heavy atom. The molecule has 0 spiro atoms. The fourth-order valence-electron chi connectivity index (χ4n) is 2.59. The molecule has 0 saturated carbocycles. The van der Waals surface area contributed by atoms with Gasteiger partial charge < -0.3 is 0 Å². The average Bonchev–Trinajstić information content (AvgIpc) is 3.00. The van der Waals surface area contributed by atoms with Gasteiger partial charge in [0.05, 0.1) is 11.6 Å². The van der Waals surface area contributed by atoms with Gasteiger partial charge in [-0.15, -0.1) is 11.3 Å². The molecule has 0 saturated heterocycles. The number of pyridine rings is 1. The van der Waals surface area contributed by atoms with Crippen molar-refractivity contribution < 1.29 is 0 Å². The molecule has 0 amide bonds. The Labute approximate surface area is 128 Å². The molecule has 0 aliphatic carbocycles. The van der Waals surface area contributed by atoms with Crippen molar-refractivity contribution in [1.82, 2.24) is 10.4 Å². The van der Waals surface area contributed by atoms with E-state index in [1.54, 1.807) is 0 Å². The van der Waals surface area contributed by atoms with Crippen LogP contribution in [0.5, 0.6) is 0 Å². The maximum Gasteiger partial charge on any atom is 0.0750 e. The largest absolute Gasteiger partial charge is 0.271 e. The number of thiophene rings is 1. The summed E-state index contributed by atoms with van der Waals surface area (Å²) in [5.74, 6) is 5.81. The number of aromatic nitrogens is 1. The van der Waals surface area contributed by atoms with Crippen LogP contribution in [0.15, 0.2) is 48.7 Å². The second-order valence-corrected chi connectivity index (χ2v) is 6.32. The summed E-state index contributed by atoms with van der Waals surface area (Å²) in [7, 11) is 0. The van der Waals surface area contributed by atoms with Gasteiger partial charge in [-0.3, -0.25) is 16.3 Å². The highest BCUT2D eigenvalue weighted by Gasteiger charge is 2.15. The topological polar surface area (TPSA) is 50.9 Å². The van der Waals surface area contributed by atoms with Gasteiger partial charge in [0.1, 0.15) is 0 Å². The second-order valence-electron chi connectivity index (χ2n) is 5.07. The zero-order valence-corrected chi connectivity index (χ0v) is 12.9. The van der Waals surface area contributed by atoms with Crippen molar-refractivity contribution in [3.05, 3.63) is 64.0 Å². The Hall–Kier alpha value is -1.75. The SMILES string of the molecule is CCc1ccc(CC(NN)c2cccc3cccnc23)s1. The van der Waals surface area contributed by atoms with Gasteiger partial charge in [-0.1, -0.05) is 31.2 Å². The standard InChI is InChI=1S/C17H19N3S/c1-2-13-8-9-14(21-13)11-16(20-18)15-7-3-5-12-6-4-10-19-17(12)15/h3-10,16,20H,2,11,18H2,1H3. The fourth-order valence-corrected chi connectivity index (χ4v) is 3.59. The molecule has 1 aromatic carbocycles. The number of para-hydroxylation sites is 1. The third-order valence-corrected chi connectivity index (χ3v) is 4.96. The Kier molecular flexibility index (Phi) is 4.29. The number of aryl methyl sites for hydroxylation is 1. The summed E-state index contributed by atoms with van der Waals surface area (Å²) in [5.41, 5.74) is 5.13. The maximum atomic E-state index is 5.81. The van der Waals surface area contributed by atoms with Crippen LogP contribution in [-0.4, -0.2) is 4.98 Å².